The summed E-state index contributed by atoms with van der Waals surface area (Å²) in [5.74, 6) is -0.185. The van der Waals surface area contributed by atoms with Crippen molar-refractivity contribution in [3.63, 3.8) is 0 Å². The van der Waals surface area contributed by atoms with Crippen LogP contribution in [0.5, 0.6) is 0 Å². The van der Waals surface area contributed by atoms with E-state index in [9.17, 15) is 9.59 Å². The van der Waals surface area contributed by atoms with Gasteiger partial charge in [0, 0.05) is 0 Å². The topological polar surface area (TPSA) is 55.4 Å². The number of carbonyl (C=O) groups excluding carboxylic acids is 2. The number of rotatable bonds is 2. The number of amides is 1. The first-order valence-corrected chi connectivity index (χ1v) is 4.50. The van der Waals surface area contributed by atoms with E-state index in [-0.39, 0.29) is 11.7 Å². The highest BCUT2D eigenvalue weighted by Crippen LogP contribution is 2.10. The van der Waals surface area contributed by atoms with E-state index in [1.54, 1.807) is 12.2 Å². The second kappa shape index (κ2) is 3.87. The lowest BCUT2D eigenvalue weighted by Crippen LogP contribution is -2.25. The molecule has 0 fully saturated rings. The summed E-state index contributed by atoms with van der Waals surface area (Å²) in [5.41, 5.74) is 0.301. The molecule has 0 unspecified atom stereocenters. The van der Waals surface area contributed by atoms with Crippen molar-refractivity contribution >= 4 is 22.6 Å². The number of hydrogen-bond donors (Lipinski definition) is 1. The van der Waals surface area contributed by atoms with Crippen molar-refractivity contribution in [1.29, 1.82) is 0 Å². The Balaban J connectivity index is 2.95. The Kier molecular flexibility index (Phi) is 2.81. The maximum Gasteiger partial charge on any atom is 0.278 e. The molecule has 0 atom stereocenters. The van der Waals surface area contributed by atoms with Crippen molar-refractivity contribution in [2.75, 3.05) is 6.61 Å². The van der Waals surface area contributed by atoms with Crippen LogP contribution in [0.15, 0.2) is 23.5 Å². The van der Waals surface area contributed by atoms with Crippen LogP contribution in [0, 0.1) is 0 Å². The van der Waals surface area contributed by atoms with Crippen molar-refractivity contribution in [2.45, 2.75) is 0 Å². The number of ether oxygens (including phenoxy) is 1. The van der Waals surface area contributed by atoms with Gasteiger partial charge in [-0.25, -0.2) is 0 Å². The molecule has 0 aromatic carbocycles. The van der Waals surface area contributed by atoms with Crippen LogP contribution >= 0.6 is 0 Å². The van der Waals surface area contributed by atoms with Gasteiger partial charge in [-0.2, -0.15) is 0 Å². The smallest absolute Gasteiger partial charge is 0.278 e. The molecule has 1 N–H and O–H groups in total. The van der Waals surface area contributed by atoms with Crippen LogP contribution in [0.1, 0.15) is 0 Å². The molecule has 0 radical (unpaired) electrons. The largest absolute Gasteiger partial charge is 0.483 e. The van der Waals surface area contributed by atoms with Crippen molar-refractivity contribution < 1.29 is 14.3 Å². The first kappa shape index (κ1) is 8.73. The Morgan fingerprint density at radius 3 is 3.08 bits per heavy atom. The lowest BCUT2D eigenvalue weighted by molar-refractivity contribution is -0.119. The molecule has 5 heteroatoms. The summed E-state index contributed by atoms with van der Waals surface area (Å²) in [5, 5.41) is 0. The van der Waals surface area contributed by atoms with Crippen LogP contribution in [-0.2, 0) is 14.3 Å². The van der Waals surface area contributed by atoms with Crippen LogP contribution in [0.4, 0.5) is 0 Å². The minimum atomic E-state index is -0.312. The quantitative estimate of drug-likeness (QED) is 0.415. The molecule has 4 nitrogen and oxygen atoms in total. The van der Waals surface area contributed by atoms with Crippen LogP contribution in [0.25, 0.3) is 0 Å². The van der Waals surface area contributed by atoms with E-state index in [1.165, 1.54) is 0 Å². The molecule has 0 spiro atoms. The summed E-state index contributed by atoms with van der Waals surface area (Å²) in [6.07, 6.45) is 3.89. The minimum Gasteiger partial charge on any atom is -0.483 e. The number of hydrogen-bond acceptors (Lipinski definition) is 3. The maximum absolute atomic E-state index is 11.1. The van der Waals surface area contributed by atoms with E-state index in [1.807, 2.05) is 0 Å². The second-order valence-electron chi connectivity index (χ2n) is 2.19. The average Bonchev–Trinajstić information content (AvgIpc) is 2.16. The zero-order valence-electron chi connectivity index (χ0n) is 6.66. The zero-order valence-corrected chi connectivity index (χ0v) is 8.66. The Hall–Kier alpha value is -1.36. The van der Waals surface area contributed by atoms with Gasteiger partial charge >= 0.3 is 0 Å². The predicted molar refractivity (Wildman–Crippen MR) is 46.3 cm³/mol. The average molecular weight is 183 g/mol. The summed E-state index contributed by atoms with van der Waals surface area (Å²) >= 11 is 0. The Bertz CT molecular complexity index is 270. The zero-order chi connectivity index (χ0) is 8.97. The molecular weight excluding hydrogens is 174 g/mol. The predicted octanol–water partition coefficient (Wildman–Crippen LogP) is -1.58. The fourth-order valence-electron chi connectivity index (χ4n) is 0.869. The monoisotopic (exact) mass is 183 g/mol. The van der Waals surface area contributed by atoms with Gasteiger partial charge in [0.2, 0.25) is 0 Å². The highest BCUT2D eigenvalue weighted by molar-refractivity contribution is 6.18. The molecule has 1 amide bonds. The summed E-state index contributed by atoms with van der Waals surface area (Å²) in [6.45, 7) is 0.349. The summed E-state index contributed by atoms with van der Waals surface area (Å²) in [7, 11) is 0.547. The molecule has 12 heavy (non-hydrogen) atoms. The molecule has 0 bridgehead atoms. The molecule has 1 aliphatic rings. The van der Waals surface area contributed by atoms with E-state index in [0.717, 1.165) is 0 Å². The van der Waals surface area contributed by atoms with Gasteiger partial charge in [0.25, 0.3) is 5.91 Å². The highest BCUT2D eigenvalue weighted by atomic mass is 28.2. The summed E-state index contributed by atoms with van der Waals surface area (Å²) in [4.78, 5) is 24.0. The standard InChI is InChI=1S/C7H9NO3Si/c9-4-5-2-1-3-11-6(5)7(10)8-12/h1-2,4H,3H2,12H3,(H,8,10). The molecule has 0 saturated heterocycles. The SMILES string of the molecule is O=CC1=C(C(=O)N[SiH3])OCC=C1. The molecule has 0 aromatic heterocycles. The van der Waals surface area contributed by atoms with Gasteiger partial charge < -0.3 is 9.72 Å². The van der Waals surface area contributed by atoms with Crippen molar-refractivity contribution in [3.05, 3.63) is 23.5 Å². The second-order valence-corrected chi connectivity index (χ2v) is 2.69. The highest BCUT2D eigenvalue weighted by Gasteiger charge is 2.15. The lowest BCUT2D eigenvalue weighted by atomic mass is 10.2. The summed E-state index contributed by atoms with van der Waals surface area (Å²) in [6, 6.07) is 0. The fourth-order valence-corrected chi connectivity index (χ4v) is 1.10. The van der Waals surface area contributed by atoms with E-state index in [0.29, 0.717) is 28.9 Å². The molecule has 0 aliphatic carbocycles. The lowest BCUT2D eigenvalue weighted by Gasteiger charge is -2.12. The van der Waals surface area contributed by atoms with Crippen molar-refractivity contribution in [2.24, 2.45) is 0 Å². The number of nitrogens with one attached hydrogen (secondary N) is 1. The molecule has 0 saturated carbocycles. The summed E-state index contributed by atoms with van der Waals surface area (Å²) < 4.78 is 5.01. The van der Waals surface area contributed by atoms with Gasteiger partial charge in [-0.15, -0.1) is 0 Å². The van der Waals surface area contributed by atoms with Gasteiger partial charge in [-0.1, -0.05) is 0 Å². The van der Waals surface area contributed by atoms with Gasteiger partial charge in [-0.05, 0) is 12.2 Å². The first-order chi connectivity index (χ1) is 5.79. The molecule has 1 aliphatic heterocycles. The third-order valence-corrected chi connectivity index (χ3v) is 1.90. The molecular formula is C7H9NO3Si. The maximum atomic E-state index is 11.1. The molecule has 1 heterocycles. The number of allylic oxidation sites excluding steroid dienone is 2. The molecule has 1 rings (SSSR count). The Morgan fingerprint density at radius 1 is 1.75 bits per heavy atom. The van der Waals surface area contributed by atoms with Gasteiger partial charge in [0.15, 0.2) is 12.0 Å². The fraction of sp³-hybridized carbons (Fsp3) is 0.143. The van der Waals surface area contributed by atoms with E-state index >= 15 is 0 Å². The van der Waals surface area contributed by atoms with Crippen LogP contribution in [0.2, 0.25) is 0 Å². The molecule has 0 aromatic rings. The van der Waals surface area contributed by atoms with E-state index < -0.39 is 0 Å². The van der Waals surface area contributed by atoms with Gasteiger partial charge in [-0.3, -0.25) is 9.59 Å². The Labute approximate surface area is 72.8 Å². The third-order valence-electron chi connectivity index (χ3n) is 1.44. The number of aldehydes is 1. The van der Waals surface area contributed by atoms with Crippen LogP contribution in [-0.4, -0.2) is 29.2 Å². The van der Waals surface area contributed by atoms with Gasteiger partial charge in [0.1, 0.15) is 17.0 Å². The number of carbonyl (C=O) groups is 2. The Morgan fingerprint density at radius 2 is 2.50 bits per heavy atom. The minimum absolute atomic E-state index is 0.127. The van der Waals surface area contributed by atoms with Gasteiger partial charge in [0.05, 0.1) is 5.57 Å². The van der Waals surface area contributed by atoms with E-state index in [4.69, 9.17) is 4.74 Å². The van der Waals surface area contributed by atoms with Crippen LogP contribution < -0.4 is 4.98 Å². The van der Waals surface area contributed by atoms with Crippen molar-refractivity contribution in [3.8, 4) is 0 Å². The van der Waals surface area contributed by atoms with Crippen molar-refractivity contribution in [1.82, 2.24) is 4.98 Å². The van der Waals surface area contributed by atoms with E-state index in [2.05, 4.69) is 4.98 Å². The normalized spacial score (nSPS) is 15.7. The van der Waals surface area contributed by atoms with Crippen LogP contribution in [0.3, 0.4) is 0 Å². The first-order valence-electron chi connectivity index (χ1n) is 3.50. The third kappa shape index (κ3) is 1.62. The molecule has 64 valence electrons.